The van der Waals surface area contributed by atoms with Crippen LogP contribution in [0.2, 0.25) is 0 Å². The molecule has 0 saturated heterocycles. The summed E-state index contributed by atoms with van der Waals surface area (Å²) < 4.78 is 0. The second kappa shape index (κ2) is 10.0. The first-order chi connectivity index (χ1) is 11.8. The van der Waals surface area contributed by atoms with Crippen molar-refractivity contribution in [2.45, 2.75) is 31.3 Å². The average Bonchev–Trinajstić information content (AvgIpc) is 2.57. The lowest BCUT2D eigenvalue weighted by Gasteiger charge is -2.20. The van der Waals surface area contributed by atoms with Gasteiger partial charge in [-0.15, -0.1) is 0 Å². The molecule has 1 aromatic rings. The van der Waals surface area contributed by atoms with E-state index in [2.05, 4.69) is 16.4 Å². The second-order valence-electron chi connectivity index (χ2n) is 5.45. The lowest BCUT2D eigenvalue weighted by molar-refractivity contribution is -0.406. The number of benzene rings is 1. The zero-order valence-electron chi connectivity index (χ0n) is 13.5. The zero-order chi connectivity index (χ0) is 18.8. The van der Waals surface area contributed by atoms with Crippen LogP contribution in [0.3, 0.4) is 0 Å². The molecule has 0 aromatic heterocycles. The molecule has 0 radical (unpaired) electrons. The molecule has 1 aromatic carbocycles. The monoisotopic (exact) mass is 350 g/mol. The lowest BCUT2D eigenvalue weighted by Crippen LogP contribution is -2.68. The molecule has 2 amide bonds. The smallest absolute Gasteiger partial charge is 0.278 e. The minimum absolute atomic E-state index is 0.0224. The van der Waals surface area contributed by atoms with Crippen molar-refractivity contribution >= 4 is 23.8 Å². The number of quaternary nitrogens is 1. The number of nitrogens with one attached hydrogen (secondary N) is 2. The van der Waals surface area contributed by atoms with Crippen LogP contribution < -0.4 is 26.6 Å². The Morgan fingerprint density at radius 1 is 1.08 bits per heavy atom. The van der Waals surface area contributed by atoms with Crippen molar-refractivity contribution in [3.05, 3.63) is 35.9 Å². The molecule has 1 rings (SSSR count). The molecule has 2 atom stereocenters. The Labute approximate surface area is 144 Å². The zero-order valence-corrected chi connectivity index (χ0v) is 13.5. The SMILES string of the molecule is [NH3+][C@@H](CCC(=O)[O-])C(=O)NCC(=O)N[C@@H](Cc1ccccc1)C(=O)[O-]. The predicted octanol–water partition coefficient (Wildman–Crippen LogP) is -4.28. The Hall–Kier alpha value is -2.94. The number of amides is 2. The van der Waals surface area contributed by atoms with Gasteiger partial charge in [-0.3, -0.25) is 9.59 Å². The summed E-state index contributed by atoms with van der Waals surface area (Å²) in [6.45, 7) is -0.450. The fourth-order valence-electron chi connectivity index (χ4n) is 2.02. The van der Waals surface area contributed by atoms with Gasteiger partial charge in [0.2, 0.25) is 5.91 Å². The van der Waals surface area contributed by atoms with Gasteiger partial charge >= 0.3 is 0 Å². The highest BCUT2D eigenvalue weighted by atomic mass is 16.4. The summed E-state index contributed by atoms with van der Waals surface area (Å²) in [7, 11) is 0. The Bertz CT molecular complexity index is 620. The molecule has 0 unspecified atom stereocenters. The van der Waals surface area contributed by atoms with Crippen LogP contribution in [0.25, 0.3) is 0 Å². The first-order valence-electron chi connectivity index (χ1n) is 7.64. The Morgan fingerprint density at radius 2 is 1.72 bits per heavy atom. The van der Waals surface area contributed by atoms with E-state index in [0.29, 0.717) is 5.56 Å². The molecular formula is C16H20N3O6-. The van der Waals surface area contributed by atoms with Crippen LogP contribution >= 0.6 is 0 Å². The topological polar surface area (TPSA) is 166 Å². The summed E-state index contributed by atoms with van der Waals surface area (Å²) >= 11 is 0. The van der Waals surface area contributed by atoms with Gasteiger partial charge in [-0.1, -0.05) is 30.3 Å². The van der Waals surface area contributed by atoms with Crippen molar-refractivity contribution in [2.75, 3.05) is 6.54 Å². The molecule has 0 aliphatic rings. The maximum absolute atomic E-state index is 11.8. The Balaban J connectivity index is 2.46. The molecule has 0 saturated carbocycles. The summed E-state index contributed by atoms with van der Waals surface area (Å²) in [5.74, 6) is -4.04. The molecule has 0 aliphatic heterocycles. The third kappa shape index (κ3) is 7.93. The summed E-state index contributed by atoms with van der Waals surface area (Å²) in [5.41, 5.74) is 4.20. The Kier molecular flexibility index (Phi) is 8.07. The number of rotatable bonds is 10. The molecule has 136 valence electrons. The first-order valence-corrected chi connectivity index (χ1v) is 7.64. The number of hydrogen-bond acceptors (Lipinski definition) is 6. The fraction of sp³-hybridized carbons (Fsp3) is 0.375. The van der Waals surface area contributed by atoms with Crippen LogP contribution in [-0.4, -0.2) is 42.4 Å². The standard InChI is InChI=1S/C16H21N3O6/c17-11(6-7-14(21)22)15(23)18-9-13(20)19-12(16(24)25)8-10-4-2-1-3-5-10/h1-5,11-12H,6-9,17H2,(H,18,23)(H,19,20)(H,21,22)(H,24,25)/p-1/t11-,12-/m0/s1. The molecule has 0 heterocycles. The number of carboxylic acids is 2. The van der Waals surface area contributed by atoms with Gasteiger partial charge < -0.3 is 36.2 Å². The van der Waals surface area contributed by atoms with Gasteiger partial charge in [-0.2, -0.15) is 0 Å². The van der Waals surface area contributed by atoms with Crippen molar-refractivity contribution in [1.82, 2.24) is 10.6 Å². The third-order valence-electron chi connectivity index (χ3n) is 3.39. The first kappa shape index (κ1) is 20.1. The number of aliphatic carboxylic acids is 2. The molecule has 25 heavy (non-hydrogen) atoms. The summed E-state index contributed by atoms with van der Waals surface area (Å²) in [6.07, 6.45) is -0.296. The van der Waals surface area contributed by atoms with E-state index < -0.39 is 42.4 Å². The van der Waals surface area contributed by atoms with Crippen LogP contribution in [0.5, 0.6) is 0 Å². The molecule has 0 aliphatic carbocycles. The summed E-state index contributed by atoms with van der Waals surface area (Å²) in [4.78, 5) is 45.0. The van der Waals surface area contributed by atoms with Crippen molar-refractivity contribution in [1.29, 1.82) is 0 Å². The highest BCUT2D eigenvalue weighted by Crippen LogP contribution is 2.02. The van der Waals surface area contributed by atoms with E-state index in [1.54, 1.807) is 30.3 Å². The normalized spacial score (nSPS) is 12.7. The van der Waals surface area contributed by atoms with Crippen LogP contribution in [0.15, 0.2) is 30.3 Å². The quantitative estimate of drug-likeness (QED) is 0.386. The van der Waals surface area contributed by atoms with E-state index in [-0.39, 0.29) is 19.3 Å². The number of hydrogen-bond donors (Lipinski definition) is 3. The van der Waals surface area contributed by atoms with Gasteiger partial charge in [0.05, 0.1) is 18.6 Å². The third-order valence-corrected chi connectivity index (χ3v) is 3.39. The lowest BCUT2D eigenvalue weighted by atomic mass is 10.1. The van der Waals surface area contributed by atoms with Crippen LogP contribution in [0.4, 0.5) is 0 Å². The Morgan fingerprint density at radius 3 is 2.28 bits per heavy atom. The van der Waals surface area contributed by atoms with E-state index >= 15 is 0 Å². The molecule has 0 bridgehead atoms. The highest BCUT2D eigenvalue weighted by Gasteiger charge is 2.19. The maximum Gasteiger partial charge on any atom is 0.278 e. The maximum atomic E-state index is 11.8. The van der Waals surface area contributed by atoms with Crippen molar-refractivity contribution in [3.63, 3.8) is 0 Å². The van der Waals surface area contributed by atoms with Gasteiger partial charge in [0.25, 0.3) is 5.91 Å². The fourth-order valence-corrected chi connectivity index (χ4v) is 2.02. The highest BCUT2D eigenvalue weighted by molar-refractivity contribution is 5.88. The summed E-state index contributed by atoms with van der Waals surface area (Å²) in [5, 5.41) is 26.0. The molecular weight excluding hydrogens is 330 g/mol. The van der Waals surface area contributed by atoms with E-state index in [1.165, 1.54) is 0 Å². The van der Waals surface area contributed by atoms with Crippen molar-refractivity contribution < 1.29 is 35.1 Å². The average molecular weight is 350 g/mol. The van der Waals surface area contributed by atoms with E-state index in [9.17, 15) is 29.4 Å². The second-order valence-corrected chi connectivity index (χ2v) is 5.45. The van der Waals surface area contributed by atoms with Crippen molar-refractivity contribution in [3.8, 4) is 0 Å². The van der Waals surface area contributed by atoms with Crippen LogP contribution in [-0.2, 0) is 25.6 Å². The molecule has 5 N–H and O–H groups in total. The van der Waals surface area contributed by atoms with Gasteiger partial charge in [0, 0.05) is 12.4 Å². The van der Waals surface area contributed by atoms with Gasteiger partial charge in [0.15, 0.2) is 6.04 Å². The molecule has 0 spiro atoms. The minimum atomic E-state index is -1.44. The van der Waals surface area contributed by atoms with E-state index in [4.69, 9.17) is 0 Å². The largest absolute Gasteiger partial charge is 0.550 e. The van der Waals surface area contributed by atoms with Crippen LogP contribution in [0.1, 0.15) is 18.4 Å². The van der Waals surface area contributed by atoms with Gasteiger partial charge in [0.1, 0.15) is 0 Å². The van der Waals surface area contributed by atoms with Crippen LogP contribution in [0, 0.1) is 0 Å². The summed E-state index contributed by atoms with van der Waals surface area (Å²) in [6, 6.07) is 6.60. The number of carboxylic acid groups (broad SMARTS) is 2. The molecule has 0 fully saturated rings. The molecule has 9 heteroatoms. The number of carbonyl (C=O) groups is 4. The number of carbonyl (C=O) groups excluding carboxylic acids is 4. The van der Waals surface area contributed by atoms with Crippen molar-refractivity contribution in [2.24, 2.45) is 0 Å². The molecule has 9 nitrogen and oxygen atoms in total. The predicted molar refractivity (Wildman–Crippen MR) is 81.0 cm³/mol. The van der Waals surface area contributed by atoms with E-state index in [1.807, 2.05) is 0 Å². The van der Waals surface area contributed by atoms with Gasteiger partial charge in [-0.25, -0.2) is 0 Å². The van der Waals surface area contributed by atoms with Gasteiger partial charge in [-0.05, 0) is 18.4 Å². The van der Waals surface area contributed by atoms with E-state index in [0.717, 1.165) is 0 Å². The minimum Gasteiger partial charge on any atom is -0.550 e.